The molecule has 132 valence electrons. The lowest BCUT2D eigenvalue weighted by Crippen LogP contribution is -2.46. The summed E-state index contributed by atoms with van der Waals surface area (Å²) in [5.41, 5.74) is 2.81. The van der Waals surface area contributed by atoms with Gasteiger partial charge in [0.25, 0.3) is 0 Å². The van der Waals surface area contributed by atoms with Gasteiger partial charge in [-0.3, -0.25) is 9.59 Å². The standard InChI is InChI=1S/C19H28N2O3/c1-12(2)15-8-5-9-16(13(3)4)17(15)20-18(23)19(24)21-10-6-7-14(22)11-21/h5,8-9,12-14,22H,6-7,10-11H2,1-4H3,(H,20,23). The maximum Gasteiger partial charge on any atom is 0.313 e. The van der Waals surface area contributed by atoms with Gasteiger partial charge in [0, 0.05) is 18.8 Å². The van der Waals surface area contributed by atoms with Crippen LogP contribution in [0.3, 0.4) is 0 Å². The van der Waals surface area contributed by atoms with Crippen LogP contribution in [0.5, 0.6) is 0 Å². The first-order chi connectivity index (χ1) is 11.3. The van der Waals surface area contributed by atoms with Crippen molar-refractivity contribution in [2.24, 2.45) is 0 Å². The van der Waals surface area contributed by atoms with E-state index >= 15 is 0 Å². The van der Waals surface area contributed by atoms with Crippen LogP contribution in [0.25, 0.3) is 0 Å². The molecule has 2 amide bonds. The SMILES string of the molecule is CC(C)c1cccc(C(C)C)c1NC(=O)C(=O)N1CCCC(O)C1. The second-order valence-electron chi connectivity index (χ2n) is 7.12. The minimum Gasteiger partial charge on any atom is -0.391 e. The fraction of sp³-hybridized carbons (Fsp3) is 0.579. The van der Waals surface area contributed by atoms with Crippen molar-refractivity contribution in [2.45, 2.75) is 58.5 Å². The van der Waals surface area contributed by atoms with Crippen molar-refractivity contribution in [2.75, 3.05) is 18.4 Å². The molecule has 2 N–H and O–H groups in total. The van der Waals surface area contributed by atoms with Gasteiger partial charge in [0.1, 0.15) is 0 Å². The molecule has 0 radical (unpaired) electrons. The Labute approximate surface area is 144 Å². The van der Waals surface area contributed by atoms with Crippen LogP contribution in [0.15, 0.2) is 18.2 Å². The molecule has 1 aliphatic heterocycles. The van der Waals surface area contributed by atoms with E-state index < -0.39 is 17.9 Å². The van der Waals surface area contributed by atoms with Gasteiger partial charge in [0.2, 0.25) is 0 Å². The molecule has 5 nitrogen and oxygen atoms in total. The number of aliphatic hydroxyl groups is 1. The molecule has 1 aliphatic rings. The number of hydrogen-bond donors (Lipinski definition) is 2. The predicted octanol–water partition coefficient (Wildman–Crippen LogP) is 2.86. The maximum absolute atomic E-state index is 12.5. The number of para-hydroxylation sites is 1. The van der Waals surface area contributed by atoms with Gasteiger partial charge < -0.3 is 15.3 Å². The Balaban J connectivity index is 2.23. The minimum absolute atomic E-state index is 0.231. The Morgan fingerprint density at radius 2 is 1.75 bits per heavy atom. The van der Waals surface area contributed by atoms with E-state index in [1.807, 2.05) is 18.2 Å². The number of nitrogens with one attached hydrogen (secondary N) is 1. The van der Waals surface area contributed by atoms with Gasteiger partial charge in [-0.1, -0.05) is 45.9 Å². The van der Waals surface area contributed by atoms with Crippen LogP contribution in [0.1, 0.15) is 63.5 Å². The van der Waals surface area contributed by atoms with E-state index in [0.717, 1.165) is 23.2 Å². The van der Waals surface area contributed by atoms with Crippen LogP contribution in [0, 0.1) is 0 Å². The highest BCUT2D eigenvalue weighted by Crippen LogP contribution is 2.32. The molecule has 0 bridgehead atoms. The van der Waals surface area contributed by atoms with Crippen molar-refractivity contribution >= 4 is 17.5 Å². The van der Waals surface area contributed by atoms with Crippen molar-refractivity contribution in [1.29, 1.82) is 0 Å². The van der Waals surface area contributed by atoms with Gasteiger partial charge >= 0.3 is 11.8 Å². The molecule has 0 aliphatic carbocycles. The molecule has 1 atom stereocenters. The lowest BCUT2D eigenvalue weighted by molar-refractivity contribution is -0.145. The molecule has 24 heavy (non-hydrogen) atoms. The molecule has 1 aromatic rings. The summed E-state index contributed by atoms with van der Waals surface area (Å²) in [5.74, 6) is -0.710. The zero-order valence-electron chi connectivity index (χ0n) is 15.0. The first-order valence-corrected chi connectivity index (χ1v) is 8.72. The molecule has 1 aromatic carbocycles. The number of likely N-dealkylation sites (tertiary alicyclic amines) is 1. The predicted molar refractivity (Wildman–Crippen MR) is 95.1 cm³/mol. The molecular formula is C19H28N2O3. The average molecular weight is 332 g/mol. The number of rotatable bonds is 3. The number of carbonyl (C=O) groups excluding carboxylic acids is 2. The molecule has 1 saturated heterocycles. The summed E-state index contributed by atoms with van der Waals surface area (Å²) in [6, 6.07) is 5.96. The summed E-state index contributed by atoms with van der Waals surface area (Å²) in [7, 11) is 0. The number of nitrogens with zero attached hydrogens (tertiary/aromatic N) is 1. The van der Waals surface area contributed by atoms with Crippen molar-refractivity contribution in [3.05, 3.63) is 29.3 Å². The maximum atomic E-state index is 12.5. The number of amides is 2. The minimum atomic E-state index is -0.626. The monoisotopic (exact) mass is 332 g/mol. The van der Waals surface area contributed by atoms with E-state index in [2.05, 4.69) is 33.0 Å². The van der Waals surface area contributed by atoms with E-state index in [9.17, 15) is 14.7 Å². The van der Waals surface area contributed by atoms with E-state index in [0.29, 0.717) is 13.0 Å². The lowest BCUT2D eigenvalue weighted by atomic mass is 9.92. The second-order valence-corrected chi connectivity index (χ2v) is 7.12. The van der Waals surface area contributed by atoms with Crippen LogP contribution in [-0.2, 0) is 9.59 Å². The molecule has 2 rings (SSSR count). The van der Waals surface area contributed by atoms with Gasteiger partial charge in [0.15, 0.2) is 0 Å². The highest BCUT2D eigenvalue weighted by molar-refractivity contribution is 6.39. The number of anilines is 1. The fourth-order valence-electron chi connectivity index (χ4n) is 3.15. The van der Waals surface area contributed by atoms with Gasteiger partial charge in [-0.15, -0.1) is 0 Å². The van der Waals surface area contributed by atoms with E-state index in [1.165, 1.54) is 4.90 Å². The number of benzene rings is 1. The van der Waals surface area contributed by atoms with Gasteiger partial charge in [0.05, 0.1) is 6.10 Å². The van der Waals surface area contributed by atoms with E-state index in [-0.39, 0.29) is 18.4 Å². The molecule has 1 fully saturated rings. The van der Waals surface area contributed by atoms with Crippen molar-refractivity contribution in [3.8, 4) is 0 Å². The quantitative estimate of drug-likeness (QED) is 0.836. The molecule has 1 heterocycles. The molecule has 5 heteroatoms. The fourth-order valence-corrected chi connectivity index (χ4v) is 3.15. The van der Waals surface area contributed by atoms with Crippen molar-refractivity contribution < 1.29 is 14.7 Å². The van der Waals surface area contributed by atoms with Crippen molar-refractivity contribution in [3.63, 3.8) is 0 Å². The molecule has 0 saturated carbocycles. The number of carbonyl (C=O) groups is 2. The number of β-amino-alcohol motifs (C(OH)–C–C–N with tert-alkyl or cyclic N) is 1. The van der Waals surface area contributed by atoms with Crippen LogP contribution in [0.4, 0.5) is 5.69 Å². The normalized spacial score (nSPS) is 18.1. The summed E-state index contributed by atoms with van der Waals surface area (Å²) in [6.45, 7) is 9.02. The summed E-state index contributed by atoms with van der Waals surface area (Å²) >= 11 is 0. The first-order valence-electron chi connectivity index (χ1n) is 8.72. The van der Waals surface area contributed by atoms with Gasteiger partial charge in [-0.05, 0) is 35.8 Å². The zero-order chi connectivity index (χ0) is 17.9. The summed E-state index contributed by atoms with van der Waals surface area (Å²) in [6.07, 6.45) is 0.865. The van der Waals surface area contributed by atoms with Gasteiger partial charge in [-0.25, -0.2) is 0 Å². The zero-order valence-corrected chi connectivity index (χ0v) is 15.0. The van der Waals surface area contributed by atoms with Crippen molar-refractivity contribution in [1.82, 2.24) is 4.90 Å². The van der Waals surface area contributed by atoms with Crippen LogP contribution < -0.4 is 5.32 Å². The highest BCUT2D eigenvalue weighted by atomic mass is 16.3. The topological polar surface area (TPSA) is 69.6 Å². The summed E-state index contributed by atoms with van der Waals surface area (Å²) < 4.78 is 0. The summed E-state index contributed by atoms with van der Waals surface area (Å²) in [4.78, 5) is 26.3. The Bertz CT molecular complexity index is 584. The van der Waals surface area contributed by atoms with Crippen LogP contribution in [-0.4, -0.2) is 41.0 Å². The Morgan fingerprint density at radius 1 is 1.17 bits per heavy atom. The third-order valence-electron chi connectivity index (χ3n) is 4.49. The number of hydrogen-bond acceptors (Lipinski definition) is 3. The van der Waals surface area contributed by atoms with E-state index in [4.69, 9.17) is 0 Å². The summed E-state index contributed by atoms with van der Waals surface area (Å²) in [5, 5.41) is 12.6. The number of piperidine rings is 1. The second kappa shape index (κ2) is 7.79. The Kier molecular flexibility index (Phi) is 5.99. The number of aliphatic hydroxyl groups excluding tert-OH is 1. The van der Waals surface area contributed by atoms with Gasteiger partial charge in [-0.2, -0.15) is 0 Å². The average Bonchev–Trinajstić information content (AvgIpc) is 2.53. The lowest BCUT2D eigenvalue weighted by Gasteiger charge is -2.29. The molecule has 0 spiro atoms. The Morgan fingerprint density at radius 3 is 2.25 bits per heavy atom. The van der Waals surface area contributed by atoms with Crippen LogP contribution >= 0.6 is 0 Å². The van der Waals surface area contributed by atoms with E-state index in [1.54, 1.807) is 0 Å². The Hall–Kier alpha value is -1.88. The third-order valence-corrected chi connectivity index (χ3v) is 4.49. The molecular weight excluding hydrogens is 304 g/mol. The smallest absolute Gasteiger partial charge is 0.313 e. The first kappa shape index (κ1) is 18.5. The van der Waals surface area contributed by atoms with Crippen LogP contribution in [0.2, 0.25) is 0 Å². The highest BCUT2D eigenvalue weighted by Gasteiger charge is 2.28. The molecule has 1 unspecified atom stereocenters. The largest absolute Gasteiger partial charge is 0.391 e. The third kappa shape index (κ3) is 4.15. The molecule has 0 aromatic heterocycles.